The zero-order chi connectivity index (χ0) is 22.5. The van der Waals surface area contributed by atoms with E-state index in [0.717, 1.165) is 24.8 Å². The van der Waals surface area contributed by atoms with Gasteiger partial charge in [0.05, 0.1) is 16.7 Å². The standard InChI is InChI=1S/C24H27N5O2S/c1-3-15-28-22(31)19-11-7-8-12-20(19)29-23(28)26-27-24(29)32-16-21(30)25-17(2)13-14-18-9-5-4-6-10-18/h4-12,17H,3,13-16H2,1-2H3,(H,25,30). The molecule has 0 spiro atoms. The van der Waals surface area contributed by atoms with E-state index < -0.39 is 0 Å². The topological polar surface area (TPSA) is 81.3 Å². The van der Waals surface area contributed by atoms with Crippen molar-refractivity contribution < 1.29 is 4.79 Å². The number of nitrogens with zero attached hydrogens (tertiary/aromatic N) is 4. The van der Waals surface area contributed by atoms with Crippen LogP contribution in [0.4, 0.5) is 0 Å². The lowest BCUT2D eigenvalue weighted by Crippen LogP contribution is -2.34. The number of nitrogens with one attached hydrogen (secondary N) is 1. The highest BCUT2D eigenvalue weighted by Gasteiger charge is 2.17. The molecule has 0 fully saturated rings. The van der Waals surface area contributed by atoms with E-state index in [1.807, 2.05) is 60.7 Å². The van der Waals surface area contributed by atoms with Gasteiger partial charge in [-0.05, 0) is 43.9 Å². The Hall–Kier alpha value is -3.13. The van der Waals surface area contributed by atoms with Crippen molar-refractivity contribution in [2.24, 2.45) is 0 Å². The van der Waals surface area contributed by atoms with Gasteiger partial charge in [0.1, 0.15) is 0 Å². The average Bonchev–Trinajstić information content (AvgIpc) is 3.24. The van der Waals surface area contributed by atoms with Crippen LogP contribution < -0.4 is 10.9 Å². The lowest BCUT2D eigenvalue weighted by molar-refractivity contribution is -0.119. The van der Waals surface area contributed by atoms with Gasteiger partial charge in [0, 0.05) is 12.6 Å². The number of fused-ring (bicyclic) bond motifs is 3. The van der Waals surface area contributed by atoms with Crippen molar-refractivity contribution in [3.63, 3.8) is 0 Å². The third-order valence-corrected chi connectivity index (χ3v) is 6.30. The van der Waals surface area contributed by atoms with Gasteiger partial charge < -0.3 is 5.32 Å². The summed E-state index contributed by atoms with van der Waals surface area (Å²) in [6.45, 7) is 4.61. The number of hydrogen-bond donors (Lipinski definition) is 1. The summed E-state index contributed by atoms with van der Waals surface area (Å²) in [4.78, 5) is 25.4. The largest absolute Gasteiger partial charge is 0.353 e. The minimum atomic E-state index is -0.0658. The molecular weight excluding hydrogens is 422 g/mol. The number of aryl methyl sites for hydroxylation is 2. The lowest BCUT2D eigenvalue weighted by Gasteiger charge is -2.14. The summed E-state index contributed by atoms with van der Waals surface area (Å²) in [6.07, 6.45) is 2.61. The molecule has 1 amide bonds. The smallest absolute Gasteiger partial charge is 0.262 e. The Labute approximate surface area is 190 Å². The van der Waals surface area contributed by atoms with Crippen molar-refractivity contribution in [2.75, 3.05) is 5.75 Å². The first kappa shape index (κ1) is 22.1. The summed E-state index contributed by atoms with van der Waals surface area (Å²) in [7, 11) is 0. The summed E-state index contributed by atoms with van der Waals surface area (Å²) in [5.41, 5.74) is 1.95. The number of para-hydroxylation sites is 1. The van der Waals surface area contributed by atoms with Crippen molar-refractivity contribution >= 4 is 34.3 Å². The molecule has 0 aliphatic carbocycles. The number of benzene rings is 2. The summed E-state index contributed by atoms with van der Waals surface area (Å²) in [6, 6.07) is 17.8. The Morgan fingerprint density at radius 2 is 1.84 bits per heavy atom. The fourth-order valence-corrected chi connectivity index (χ4v) is 4.55. The predicted octanol–water partition coefficient (Wildman–Crippen LogP) is 3.68. The average molecular weight is 450 g/mol. The van der Waals surface area contributed by atoms with E-state index >= 15 is 0 Å². The van der Waals surface area contributed by atoms with Gasteiger partial charge in [-0.3, -0.25) is 18.6 Å². The Bertz CT molecular complexity index is 1280. The molecule has 7 nitrogen and oxygen atoms in total. The SMILES string of the molecule is CCCn1c(=O)c2ccccc2n2c(SCC(=O)NC(C)CCc3ccccc3)nnc12. The van der Waals surface area contributed by atoms with Crippen LogP contribution in [0.15, 0.2) is 64.5 Å². The quantitative estimate of drug-likeness (QED) is 0.394. The maximum Gasteiger partial charge on any atom is 0.262 e. The van der Waals surface area contributed by atoms with E-state index in [1.54, 1.807) is 4.57 Å². The number of carbonyl (C=O) groups is 1. The third-order valence-electron chi connectivity index (χ3n) is 5.37. The first-order valence-electron chi connectivity index (χ1n) is 10.9. The normalized spacial score (nSPS) is 12.3. The maximum absolute atomic E-state index is 12.9. The van der Waals surface area contributed by atoms with Gasteiger partial charge >= 0.3 is 0 Å². The molecule has 166 valence electrons. The van der Waals surface area contributed by atoms with Crippen LogP contribution in [0, 0.1) is 0 Å². The fourth-order valence-electron chi connectivity index (χ4n) is 3.80. The number of rotatable bonds is 9. The van der Waals surface area contributed by atoms with Crippen LogP contribution >= 0.6 is 11.8 Å². The second kappa shape index (κ2) is 9.99. The van der Waals surface area contributed by atoms with E-state index in [-0.39, 0.29) is 23.3 Å². The van der Waals surface area contributed by atoms with Crippen LogP contribution in [0.3, 0.4) is 0 Å². The molecule has 1 atom stereocenters. The Kier molecular flexibility index (Phi) is 6.90. The number of thioether (sulfide) groups is 1. The van der Waals surface area contributed by atoms with Crippen molar-refractivity contribution in [3.8, 4) is 0 Å². The van der Waals surface area contributed by atoms with Gasteiger partial charge in [0.15, 0.2) is 5.16 Å². The molecule has 4 aromatic rings. The molecule has 1 N–H and O–H groups in total. The van der Waals surface area contributed by atoms with E-state index in [0.29, 0.717) is 22.9 Å². The first-order valence-corrected chi connectivity index (χ1v) is 11.9. The van der Waals surface area contributed by atoms with Gasteiger partial charge in [-0.15, -0.1) is 10.2 Å². The first-order chi connectivity index (χ1) is 15.6. The summed E-state index contributed by atoms with van der Waals surface area (Å²) >= 11 is 1.33. The van der Waals surface area contributed by atoms with Crippen molar-refractivity contribution in [1.29, 1.82) is 0 Å². The number of amides is 1. The lowest BCUT2D eigenvalue weighted by atomic mass is 10.1. The zero-order valence-electron chi connectivity index (χ0n) is 18.3. The van der Waals surface area contributed by atoms with Crippen LogP contribution in [0.5, 0.6) is 0 Å². The Morgan fingerprint density at radius 3 is 2.62 bits per heavy atom. The van der Waals surface area contributed by atoms with Gasteiger partial charge in [0.2, 0.25) is 11.7 Å². The van der Waals surface area contributed by atoms with Gasteiger partial charge in [0.25, 0.3) is 5.56 Å². The predicted molar refractivity (Wildman–Crippen MR) is 128 cm³/mol. The van der Waals surface area contributed by atoms with Crippen molar-refractivity contribution in [1.82, 2.24) is 24.5 Å². The van der Waals surface area contributed by atoms with Crippen molar-refractivity contribution in [2.45, 2.75) is 50.9 Å². The monoisotopic (exact) mass is 449 g/mol. The molecule has 4 rings (SSSR count). The van der Waals surface area contributed by atoms with E-state index in [9.17, 15) is 9.59 Å². The molecule has 1 unspecified atom stereocenters. The van der Waals surface area contributed by atoms with E-state index in [1.165, 1.54) is 17.3 Å². The second-order valence-corrected chi connectivity index (χ2v) is 8.82. The molecule has 0 radical (unpaired) electrons. The molecule has 0 aliphatic heterocycles. The molecule has 32 heavy (non-hydrogen) atoms. The molecule has 0 bridgehead atoms. The highest BCUT2D eigenvalue weighted by atomic mass is 32.2. The highest BCUT2D eigenvalue weighted by molar-refractivity contribution is 7.99. The Morgan fingerprint density at radius 1 is 1.09 bits per heavy atom. The third kappa shape index (κ3) is 4.70. The molecule has 0 saturated carbocycles. The Balaban J connectivity index is 1.47. The van der Waals surface area contributed by atoms with Crippen LogP contribution in [0.1, 0.15) is 32.3 Å². The van der Waals surface area contributed by atoms with Gasteiger partial charge in [-0.1, -0.05) is 61.2 Å². The minimum Gasteiger partial charge on any atom is -0.353 e. The van der Waals surface area contributed by atoms with E-state index in [4.69, 9.17) is 0 Å². The zero-order valence-corrected chi connectivity index (χ0v) is 19.1. The highest BCUT2D eigenvalue weighted by Crippen LogP contribution is 2.21. The molecule has 8 heteroatoms. The molecule has 2 aromatic heterocycles. The summed E-state index contributed by atoms with van der Waals surface area (Å²) in [5.74, 6) is 0.700. The van der Waals surface area contributed by atoms with Gasteiger partial charge in [-0.25, -0.2) is 0 Å². The second-order valence-electron chi connectivity index (χ2n) is 7.87. The van der Waals surface area contributed by atoms with Crippen molar-refractivity contribution in [3.05, 3.63) is 70.5 Å². The van der Waals surface area contributed by atoms with Crippen LogP contribution in [-0.4, -0.2) is 36.9 Å². The molecular formula is C24H27N5O2S. The summed E-state index contributed by atoms with van der Waals surface area (Å²) < 4.78 is 3.54. The number of carbonyl (C=O) groups excluding carboxylic acids is 1. The maximum atomic E-state index is 12.9. The molecule has 2 aromatic carbocycles. The summed E-state index contributed by atoms with van der Waals surface area (Å²) in [5, 5.41) is 12.9. The molecule has 2 heterocycles. The van der Waals surface area contributed by atoms with Crippen LogP contribution in [0.25, 0.3) is 16.7 Å². The molecule has 0 saturated heterocycles. The van der Waals surface area contributed by atoms with Gasteiger partial charge in [-0.2, -0.15) is 0 Å². The van der Waals surface area contributed by atoms with Crippen LogP contribution in [-0.2, 0) is 17.8 Å². The number of hydrogen-bond acceptors (Lipinski definition) is 5. The number of aromatic nitrogens is 4. The minimum absolute atomic E-state index is 0.0431. The molecule has 0 aliphatic rings. The van der Waals surface area contributed by atoms with Crippen LogP contribution in [0.2, 0.25) is 0 Å². The fraction of sp³-hybridized carbons (Fsp3) is 0.333. The van der Waals surface area contributed by atoms with E-state index in [2.05, 4.69) is 27.6 Å².